The number of piperazine rings is 1. The van der Waals surface area contributed by atoms with Crippen molar-refractivity contribution in [3.05, 3.63) is 35.5 Å². The van der Waals surface area contributed by atoms with Crippen LogP contribution in [0.5, 0.6) is 5.75 Å². The van der Waals surface area contributed by atoms with Gasteiger partial charge in [0.05, 0.1) is 30.8 Å². The summed E-state index contributed by atoms with van der Waals surface area (Å²) in [5.41, 5.74) is 6.68. The Labute approximate surface area is 174 Å². The van der Waals surface area contributed by atoms with E-state index in [4.69, 9.17) is 15.2 Å². The van der Waals surface area contributed by atoms with Gasteiger partial charge in [0, 0.05) is 31.6 Å². The minimum Gasteiger partial charge on any atom is -0.492 e. The van der Waals surface area contributed by atoms with Crippen LogP contribution >= 0.6 is 0 Å². The minimum absolute atomic E-state index is 0.0808. The van der Waals surface area contributed by atoms with Crippen LogP contribution in [0.4, 0.5) is 4.79 Å². The molecule has 0 atom stereocenters. The fourth-order valence-corrected chi connectivity index (χ4v) is 3.51. The Balaban J connectivity index is 1.83. The predicted molar refractivity (Wildman–Crippen MR) is 110 cm³/mol. The van der Waals surface area contributed by atoms with Crippen molar-refractivity contribution in [2.45, 2.75) is 20.3 Å². The molecule has 0 radical (unpaired) electrons. The maximum absolute atomic E-state index is 12.9. The van der Waals surface area contributed by atoms with Crippen molar-refractivity contribution < 1.29 is 23.9 Å². The van der Waals surface area contributed by atoms with Crippen LogP contribution in [-0.2, 0) is 16.0 Å². The zero-order valence-electron chi connectivity index (χ0n) is 17.2. The molecular formula is C21H26N4O5. The van der Waals surface area contributed by atoms with E-state index in [2.05, 4.69) is 4.98 Å². The molecule has 2 aromatic rings. The SMILES string of the molecule is CCOC(=O)N1CCN(C(=O)Cc2nc3ccccc3c(OCC)c2C(N)=O)CC1. The van der Waals surface area contributed by atoms with Gasteiger partial charge in [0.2, 0.25) is 5.91 Å². The van der Waals surface area contributed by atoms with Crippen molar-refractivity contribution in [2.75, 3.05) is 39.4 Å². The molecule has 0 spiro atoms. The van der Waals surface area contributed by atoms with Gasteiger partial charge in [0.1, 0.15) is 11.3 Å². The van der Waals surface area contributed by atoms with E-state index in [1.54, 1.807) is 28.9 Å². The number of pyridine rings is 1. The number of nitrogens with zero attached hydrogens (tertiary/aromatic N) is 3. The fraction of sp³-hybridized carbons (Fsp3) is 0.429. The number of benzene rings is 1. The van der Waals surface area contributed by atoms with Crippen LogP contribution < -0.4 is 10.5 Å². The van der Waals surface area contributed by atoms with Crippen LogP contribution in [0, 0.1) is 0 Å². The van der Waals surface area contributed by atoms with Crippen molar-refractivity contribution in [3.8, 4) is 5.75 Å². The summed E-state index contributed by atoms with van der Waals surface area (Å²) in [4.78, 5) is 44.7. The van der Waals surface area contributed by atoms with Crippen LogP contribution in [0.3, 0.4) is 0 Å². The largest absolute Gasteiger partial charge is 0.492 e. The molecule has 0 unspecified atom stereocenters. The van der Waals surface area contributed by atoms with Crippen molar-refractivity contribution in [2.24, 2.45) is 5.73 Å². The van der Waals surface area contributed by atoms with Gasteiger partial charge in [0.15, 0.2) is 0 Å². The van der Waals surface area contributed by atoms with Gasteiger partial charge >= 0.3 is 6.09 Å². The van der Waals surface area contributed by atoms with Crippen LogP contribution in [0.25, 0.3) is 10.9 Å². The van der Waals surface area contributed by atoms with Crippen LogP contribution in [-0.4, -0.2) is 72.1 Å². The number of hydrogen-bond donors (Lipinski definition) is 1. The number of ether oxygens (including phenoxy) is 2. The zero-order valence-corrected chi connectivity index (χ0v) is 17.2. The molecule has 0 aliphatic carbocycles. The molecule has 0 bridgehead atoms. The molecule has 2 N–H and O–H groups in total. The third-order valence-electron chi connectivity index (χ3n) is 4.93. The first-order valence-corrected chi connectivity index (χ1v) is 9.99. The summed E-state index contributed by atoms with van der Waals surface area (Å²) in [6.45, 7) is 5.77. The van der Waals surface area contributed by atoms with Gasteiger partial charge in [-0.05, 0) is 26.0 Å². The number of nitrogens with two attached hydrogens (primary N) is 1. The second-order valence-electron chi connectivity index (χ2n) is 6.82. The van der Waals surface area contributed by atoms with Gasteiger partial charge < -0.3 is 25.0 Å². The Hall–Kier alpha value is -3.36. The van der Waals surface area contributed by atoms with E-state index in [0.29, 0.717) is 61.7 Å². The summed E-state index contributed by atoms with van der Waals surface area (Å²) in [7, 11) is 0. The summed E-state index contributed by atoms with van der Waals surface area (Å²) in [6, 6.07) is 7.26. The molecule has 0 saturated carbocycles. The van der Waals surface area contributed by atoms with Gasteiger partial charge in [0.25, 0.3) is 5.91 Å². The Kier molecular flexibility index (Phi) is 6.71. The highest BCUT2D eigenvalue weighted by atomic mass is 16.6. The third-order valence-corrected chi connectivity index (χ3v) is 4.93. The molecule has 1 aliphatic heterocycles. The Morgan fingerprint density at radius 2 is 1.70 bits per heavy atom. The molecule has 30 heavy (non-hydrogen) atoms. The molecule has 3 amide bonds. The summed E-state index contributed by atoms with van der Waals surface area (Å²) >= 11 is 0. The van der Waals surface area contributed by atoms with E-state index < -0.39 is 5.91 Å². The van der Waals surface area contributed by atoms with E-state index >= 15 is 0 Å². The summed E-state index contributed by atoms with van der Waals surface area (Å²) < 4.78 is 10.7. The highest BCUT2D eigenvalue weighted by Crippen LogP contribution is 2.31. The Bertz CT molecular complexity index is 954. The second-order valence-corrected chi connectivity index (χ2v) is 6.82. The fourth-order valence-electron chi connectivity index (χ4n) is 3.51. The molecule has 9 heteroatoms. The molecule has 3 rings (SSSR count). The van der Waals surface area contributed by atoms with Crippen molar-refractivity contribution in [1.29, 1.82) is 0 Å². The molecule has 1 saturated heterocycles. The van der Waals surface area contributed by atoms with E-state index in [-0.39, 0.29) is 24.0 Å². The Morgan fingerprint density at radius 1 is 1.03 bits per heavy atom. The first-order chi connectivity index (χ1) is 14.5. The lowest BCUT2D eigenvalue weighted by molar-refractivity contribution is -0.132. The summed E-state index contributed by atoms with van der Waals surface area (Å²) in [6.07, 6.45) is -0.457. The summed E-state index contributed by atoms with van der Waals surface area (Å²) in [5, 5.41) is 0.674. The number of para-hydroxylation sites is 1. The van der Waals surface area contributed by atoms with Crippen molar-refractivity contribution >= 4 is 28.8 Å². The maximum atomic E-state index is 12.9. The highest BCUT2D eigenvalue weighted by Gasteiger charge is 2.27. The van der Waals surface area contributed by atoms with Crippen LogP contribution in [0.15, 0.2) is 24.3 Å². The summed E-state index contributed by atoms with van der Waals surface area (Å²) in [5.74, 6) is -0.525. The lowest BCUT2D eigenvalue weighted by atomic mass is 10.0. The monoisotopic (exact) mass is 414 g/mol. The molecule has 2 heterocycles. The zero-order chi connectivity index (χ0) is 21.7. The highest BCUT2D eigenvalue weighted by molar-refractivity contribution is 6.03. The van der Waals surface area contributed by atoms with Gasteiger partial charge in [-0.15, -0.1) is 0 Å². The molecule has 1 fully saturated rings. The molecule has 160 valence electrons. The van der Waals surface area contributed by atoms with E-state index in [1.165, 1.54) is 0 Å². The lowest BCUT2D eigenvalue weighted by Gasteiger charge is -2.34. The number of carbonyl (C=O) groups excluding carboxylic acids is 3. The Morgan fingerprint density at radius 3 is 2.33 bits per heavy atom. The molecule has 1 aliphatic rings. The topological polar surface area (TPSA) is 115 Å². The standard InChI is InChI=1S/C21H26N4O5/c1-3-29-19-14-7-5-6-8-15(14)23-16(18(19)20(22)27)13-17(26)24-9-11-25(12-10-24)21(28)30-4-2/h5-8H,3-4,9-13H2,1-2H3,(H2,22,27). The van der Waals surface area contributed by atoms with E-state index in [0.717, 1.165) is 0 Å². The van der Waals surface area contributed by atoms with E-state index in [1.807, 2.05) is 19.1 Å². The second kappa shape index (κ2) is 9.43. The quantitative estimate of drug-likeness (QED) is 0.767. The average Bonchev–Trinajstić information content (AvgIpc) is 2.74. The van der Waals surface area contributed by atoms with Crippen LogP contribution in [0.2, 0.25) is 0 Å². The third kappa shape index (κ3) is 4.45. The van der Waals surface area contributed by atoms with E-state index in [9.17, 15) is 14.4 Å². The normalized spacial score (nSPS) is 13.9. The molecule has 1 aromatic heterocycles. The van der Waals surface area contributed by atoms with Crippen molar-refractivity contribution in [1.82, 2.24) is 14.8 Å². The number of aromatic nitrogens is 1. The maximum Gasteiger partial charge on any atom is 0.409 e. The van der Waals surface area contributed by atoms with Gasteiger partial charge in [-0.1, -0.05) is 12.1 Å². The molecule has 9 nitrogen and oxygen atoms in total. The predicted octanol–water partition coefficient (Wildman–Crippen LogP) is 1.58. The van der Waals surface area contributed by atoms with Gasteiger partial charge in [-0.3, -0.25) is 14.6 Å². The smallest absolute Gasteiger partial charge is 0.409 e. The number of rotatable bonds is 6. The molecule has 1 aromatic carbocycles. The molecular weight excluding hydrogens is 388 g/mol. The van der Waals surface area contributed by atoms with Crippen LogP contribution in [0.1, 0.15) is 29.9 Å². The number of hydrogen-bond acceptors (Lipinski definition) is 6. The van der Waals surface area contributed by atoms with Gasteiger partial charge in [-0.25, -0.2) is 4.79 Å². The number of amides is 3. The first kappa shape index (κ1) is 21.4. The van der Waals surface area contributed by atoms with Crippen molar-refractivity contribution in [3.63, 3.8) is 0 Å². The minimum atomic E-state index is -0.688. The number of primary amides is 1. The first-order valence-electron chi connectivity index (χ1n) is 9.99. The van der Waals surface area contributed by atoms with Gasteiger partial charge in [-0.2, -0.15) is 0 Å². The number of carbonyl (C=O) groups is 3. The lowest BCUT2D eigenvalue weighted by Crippen LogP contribution is -2.51. The number of fused-ring (bicyclic) bond motifs is 1. The average molecular weight is 414 g/mol.